The molecular formula is C19H24N2O3. The Balaban J connectivity index is 1.81. The molecule has 0 spiro atoms. The van der Waals surface area contributed by atoms with E-state index in [1.807, 2.05) is 17.0 Å². The highest BCUT2D eigenvalue weighted by molar-refractivity contribution is 6.09. The standard InChI is InChI=1S/C19H24N2O3/c1-12-18(19(23)20-8-7-13(10-20)11-22)16-9-15(24-2)5-6-17(16)21(12)14-3-4-14/h5-6,9,13-14,22H,3-4,7-8,10-11H2,1-2H3/t13-/m0/s1. The first kappa shape index (κ1) is 15.5. The number of hydrogen-bond donors (Lipinski definition) is 1. The van der Waals surface area contributed by atoms with Gasteiger partial charge < -0.3 is 19.3 Å². The van der Waals surface area contributed by atoms with Crippen LogP contribution in [0.5, 0.6) is 5.75 Å². The summed E-state index contributed by atoms with van der Waals surface area (Å²) in [6, 6.07) is 6.53. The SMILES string of the molecule is COc1ccc2c(c1)c(C(=O)N1CC[C@H](CO)C1)c(C)n2C1CC1. The van der Waals surface area contributed by atoms with Gasteiger partial charge in [-0.2, -0.15) is 0 Å². The number of nitrogens with zero attached hydrogens (tertiary/aromatic N) is 2. The highest BCUT2D eigenvalue weighted by atomic mass is 16.5. The van der Waals surface area contributed by atoms with E-state index in [9.17, 15) is 9.90 Å². The van der Waals surface area contributed by atoms with E-state index in [-0.39, 0.29) is 18.4 Å². The molecule has 1 atom stereocenters. The third-order valence-electron chi connectivity index (χ3n) is 5.41. The molecule has 1 saturated carbocycles. The van der Waals surface area contributed by atoms with E-state index in [1.165, 1.54) is 12.8 Å². The number of carbonyl (C=O) groups excluding carboxylic acids is 1. The maximum absolute atomic E-state index is 13.2. The molecule has 0 bridgehead atoms. The highest BCUT2D eigenvalue weighted by Crippen LogP contribution is 2.42. The first-order chi connectivity index (χ1) is 11.6. The number of hydrogen-bond acceptors (Lipinski definition) is 3. The molecule has 5 heteroatoms. The lowest BCUT2D eigenvalue weighted by molar-refractivity contribution is 0.0783. The summed E-state index contributed by atoms with van der Waals surface area (Å²) in [5, 5.41) is 10.3. The minimum Gasteiger partial charge on any atom is -0.497 e. The van der Waals surface area contributed by atoms with Crippen LogP contribution in [0.1, 0.15) is 41.4 Å². The molecule has 2 aliphatic rings. The molecule has 1 amide bonds. The maximum atomic E-state index is 13.2. The maximum Gasteiger partial charge on any atom is 0.256 e. The summed E-state index contributed by atoms with van der Waals surface area (Å²) in [5.41, 5.74) is 2.98. The van der Waals surface area contributed by atoms with Gasteiger partial charge in [-0.3, -0.25) is 4.79 Å². The van der Waals surface area contributed by atoms with Crippen molar-refractivity contribution < 1.29 is 14.6 Å². The molecule has 1 N–H and O–H groups in total. The van der Waals surface area contributed by atoms with Crippen molar-refractivity contribution in [1.82, 2.24) is 9.47 Å². The van der Waals surface area contributed by atoms with E-state index in [0.29, 0.717) is 12.6 Å². The molecule has 1 aliphatic heterocycles. The molecule has 24 heavy (non-hydrogen) atoms. The number of methoxy groups -OCH3 is 1. The summed E-state index contributed by atoms with van der Waals surface area (Å²) in [7, 11) is 1.65. The Labute approximate surface area is 141 Å². The lowest BCUT2D eigenvalue weighted by Crippen LogP contribution is -2.29. The van der Waals surface area contributed by atoms with Crippen molar-refractivity contribution in [2.75, 3.05) is 26.8 Å². The van der Waals surface area contributed by atoms with Gasteiger partial charge in [-0.05, 0) is 44.4 Å². The van der Waals surface area contributed by atoms with Gasteiger partial charge in [0.15, 0.2) is 0 Å². The monoisotopic (exact) mass is 328 g/mol. The lowest BCUT2D eigenvalue weighted by atomic mass is 10.1. The van der Waals surface area contributed by atoms with Crippen molar-refractivity contribution >= 4 is 16.8 Å². The zero-order valence-corrected chi connectivity index (χ0v) is 14.3. The molecule has 2 fully saturated rings. The summed E-state index contributed by atoms with van der Waals surface area (Å²) in [4.78, 5) is 15.1. The Bertz CT molecular complexity index is 791. The zero-order valence-electron chi connectivity index (χ0n) is 14.3. The van der Waals surface area contributed by atoms with Crippen LogP contribution in [0.15, 0.2) is 18.2 Å². The minimum absolute atomic E-state index is 0.0844. The molecule has 2 heterocycles. The second-order valence-corrected chi connectivity index (χ2v) is 7.03. The summed E-state index contributed by atoms with van der Waals surface area (Å²) in [5.74, 6) is 1.07. The fraction of sp³-hybridized carbons (Fsp3) is 0.526. The molecule has 0 unspecified atom stereocenters. The first-order valence-corrected chi connectivity index (χ1v) is 8.72. The number of benzene rings is 1. The molecule has 1 saturated heterocycles. The summed E-state index contributed by atoms with van der Waals surface area (Å²) < 4.78 is 7.70. The second kappa shape index (κ2) is 5.81. The van der Waals surface area contributed by atoms with E-state index in [2.05, 4.69) is 17.6 Å². The van der Waals surface area contributed by atoms with E-state index in [0.717, 1.165) is 40.9 Å². The largest absolute Gasteiger partial charge is 0.497 e. The number of carbonyl (C=O) groups is 1. The van der Waals surface area contributed by atoms with E-state index in [4.69, 9.17) is 4.74 Å². The topological polar surface area (TPSA) is 54.7 Å². The third kappa shape index (κ3) is 2.38. The quantitative estimate of drug-likeness (QED) is 0.939. The van der Waals surface area contributed by atoms with Crippen LogP contribution >= 0.6 is 0 Å². The number of aliphatic hydroxyl groups excluding tert-OH is 1. The third-order valence-corrected chi connectivity index (χ3v) is 5.41. The Hall–Kier alpha value is -2.01. The van der Waals surface area contributed by atoms with Crippen LogP contribution in [0.25, 0.3) is 10.9 Å². The molecule has 5 nitrogen and oxygen atoms in total. The number of fused-ring (bicyclic) bond motifs is 1. The fourth-order valence-corrected chi connectivity index (χ4v) is 3.95. The molecule has 128 valence electrons. The van der Waals surface area contributed by atoms with Gasteiger partial charge in [-0.15, -0.1) is 0 Å². The zero-order chi connectivity index (χ0) is 16.8. The number of aliphatic hydroxyl groups is 1. The summed E-state index contributed by atoms with van der Waals surface area (Å²) in [6.07, 6.45) is 3.24. The fourth-order valence-electron chi connectivity index (χ4n) is 3.95. The average Bonchev–Trinajstić information content (AvgIpc) is 3.23. The van der Waals surface area contributed by atoms with Crippen LogP contribution in [0.3, 0.4) is 0 Å². The van der Waals surface area contributed by atoms with Crippen LogP contribution < -0.4 is 4.74 Å². The Morgan fingerprint density at radius 1 is 1.33 bits per heavy atom. The van der Waals surface area contributed by atoms with Crippen LogP contribution in [-0.4, -0.2) is 47.3 Å². The van der Waals surface area contributed by atoms with Gasteiger partial charge in [-0.1, -0.05) is 0 Å². The van der Waals surface area contributed by atoms with E-state index < -0.39 is 0 Å². The summed E-state index contributed by atoms with van der Waals surface area (Å²) in [6.45, 7) is 3.58. The van der Waals surface area contributed by atoms with E-state index in [1.54, 1.807) is 7.11 Å². The predicted octanol–water partition coefficient (Wildman–Crippen LogP) is 2.75. The molecule has 1 aromatic heterocycles. The minimum atomic E-state index is 0.0844. The van der Waals surface area contributed by atoms with Gasteiger partial charge in [0.2, 0.25) is 0 Å². The van der Waals surface area contributed by atoms with Crippen molar-refractivity contribution in [2.45, 2.75) is 32.2 Å². The Kier molecular flexibility index (Phi) is 3.76. The van der Waals surface area contributed by atoms with Crippen molar-refractivity contribution in [2.24, 2.45) is 5.92 Å². The number of likely N-dealkylation sites (tertiary alicyclic amines) is 1. The highest BCUT2D eigenvalue weighted by Gasteiger charge is 2.33. The molecule has 0 radical (unpaired) electrons. The lowest BCUT2D eigenvalue weighted by Gasteiger charge is -2.17. The normalized spacial score (nSPS) is 20.8. The van der Waals surface area contributed by atoms with Gasteiger partial charge >= 0.3 is 0 Å². The molecule has 4 rings (SSSR count). The Morgan fingerprint density at radius 2 is 2.12 bits per heavy atom. The molecule has 2 aromatic rings. The summed E-state index contributed by atoms with van der Waals surface area (Å²) >= 11 is 0. The average molecular weight is 328 g/mol. The van der Waals surface area contributed by atoms with Crippen LogP contribution in [0, 0.1) is 12.8 Å². The molecular weight excluding hydrogens is 304 g/mol. The number of amides is 1. The van der Waals surface area contributed by atoms with Crippen molar-refractivity contribution in [3.63, 3.8) is 0 Å². The molecule has 1 aliphatic carbocycles. The second-order valence-electron chi connectivity index (χ2n) is 7.03. The van der Waals surface area contributed by atoms with Crippen molar-refractivity contribution in [1.29, 1.82) is 0 Å². The first-order valence-electron chi connectivity index (χ1n) is 8.72. The predicted molar refractivity (Wildman–Crippen MR) is 92.6 cm³/mol. The van der Waals surface area contributed by atoms with Crippen LogP contribution in [0.4, 0.5) is 0 Å². The Morgan fingerprint density at radius 3 is 2.75 bits per heavy atom. The number of rotatable bonds is 4. The van der Waals surface area contributed by atoms with Crippen molar-refractivity contribution in [3.8, 4) is 5.75 Å². The van der Waals surface area contributed by atoms with Crippen molar-refractivity contribution in [3.05, 3.63) is 29.5 Å². The van der Waals surface area contributed by atoms with Gasteiger partial charge in [0, 0.05) is 48.3 Å². The van der Waals surface area contributed by atoms with Gasteiger partial charge in [0.25, 0.3) is 5.91 Å². The van der Waals surface area contributed by atoms with Crippen LogP contribution in [0.2, 0.25) is 0 Å². The van der Waals surface area contributed by atoms with Gasteiger partial charge in [0.05, 0.1) is 12.7 Å². The van der Waals surface area contributed by atoms with Crippen LogP contribution in [-0.2, 0) is 0 Å². The molecule has 1 aromatic carbocycles. The number of ether oxygens (including phenoxy) is 1. The number of aromatic nitrogens is 1. The van der Waals surface area contributed by atoms with Gasteiger partial charge in [0.1, 0.15) is 5.75 Å². The van der Waals surface area contributed by atoms with E-state index >= 15 is 0 Å². The smallest absolute Gasteiger partial charge is 0.256 e. The van der Waals surface area contributed by atoms with Gasteiger partial charge in [-0.25, -0.2) is 0 Å².